The molecule has 3 N–H and O–H groups in total. The zero-order valence-corrected chi connectivity index (χ0v) is 16.8. The fourth-order valence-electron chi connectivity index (χ4n) is 4.22. The van der Waals surface area contributed by atoms with Crippen molar-refractivity contribution in [3.05, 3.63) is 29.8 Å². The number of hydrogen-bond donors (Lipinski definition) is 2. The number of rotatable bonds is 7. The number of benzene rings is 1. The monoisotopic (exact) mass is 393 g/mol. The zero-order valence-electron chi connectivity index (χ0n) is 16.0. The minimum Gasteiger partial charge on any atom is -0.352 e. The van der Waals surface area contributed by atoms with E-state index in [4.69, 9.17) is 5.73 Å². The average molecular weight is 394 g/mol. The number of hydrogen-bond acceptors (Lipinski definition) is 4. The van der Waals surface area contributed by atoms with E-state index >= 15 is 0 Å². The number of carbonyl (C=O) groups excluding carboxylic acids is 1. The molecule has 2 fully saturated rings. The molecule has 150 valence electrons. The second-order valence-electron chi connectivity index (χ2n) is 7.97. The second-order valence-corrected chi connectivity index (χ2v) is 9.91. The van der Waals surface area contributed by atoms with Gasteiger partial charge < -0.3 is 11.1 Å². The summed E-state index contributed by atoms with van der Waals surface area (Å²) < 4.78 is 26.6. The van der Waals surface area contributed by atoms with E-state index < -0.39 is 10.0 Å². The molecule has 1 aliphatic heterocycles. The van der Waals surface area contributed by atoms with Crippen LogP contribution in [0.25, 0.3) is 0 Å². The van der Waals surface area contributed by atoms with Crippen molar-refractivity contribution in [2.75, 3.05) is 19.6 Å². The van der Waals surface area contributed by atoms with Gasteiger partial charge in [-0.25, -0.2) is 8.42 Å². The first-order valence-corrected chi connectivity index (χ1v) is 11.5. The van der Waals surface area contributed by atoms with Gasteiger partial charge in [-0.1, -0.05) is 31.4 Å². The molecule has 0 atom stereocenters. The third-order valence-electron chi connectivity index (χ3n) is 6.00. The molecule has 0 spiro atoms. The lowest BCUT2D eigenvalue weighted by Crippen LogP contribution is -2.38. The predicted molar refractivity (Wildman–Crippen MR) is 105 cm³/mol. The van der Waals surface area contributed by atoms with Gasteiger partial charge in [0.2, 0.25) is 15.9 Å². The summed E-state index contributed by atoms with van der Waals surface area (Å²) in [4.78, 5) is 12.7. The Morgan fingerprint density at radius 1 is 1.04 bits per heavy atom. The summed E-state index contributed by atoms with van der Waals surface area (Å²) in [5, 5.41) is 2.96. The Morgan fingerprint density at radius 2 is 1.67 bits per heavy atom. The molecule has 0 unspecified atom stereocenters. The predicted octanol–water partition coefficient (Wildman–Crippen LogP) is 2.39. The molecule has 0 bridgehead atoms. The zero-order chi connectivity index (χ0) is 19.3. The van der Waals surface area contributed by atoms with Gasteiger partial charge in [-0.2, -0.15) is 4.31 Å². The molecule has 3 rings (SSSR count). The lowest BCUT2D eigenvalue weighted by Gasteiger charge is -2.35. The number of carbonyl (C=O) groups is 1. The lowest BCUT2D eigenvalue weighted by atomic mass is 9.71. The Kier molecular flexibility index (Phi) is 6.55. The van der Waals surface area contributed by atoms with E-state index in [0.717, 1.165) is 44.1 Å². The first-order chi connectivity index (χ1) is 13.0. The van der Waals surface area contributed by atoms with Gasteiger partial charge in [-0.05, 0) is 55.3 Å². The van der Waals surface area contributed by atoms with E-state index in [0.29, 0.717) is 37.5 Å². The molecule has 0 aromatic heterocycles. The van der Waals surface area contributed by atoms with E-state index in [2.05, 4.69) is 5.32 Å². The Balaban J connectivity index is 1.54. The summed E-state index contributed by atoms with van der Waals surface area (Å²) in [6.45, 7) is 2.17. The molecule has 7 heteroatoms. The molecule has 2 aliphatic rings. The highest BCUT2D eigenvalue weighted by atomic mass is 32.2. The van der Waals surface area contributed by atoms with Crippen molar-refractivity contribution in [2.45, 2.75) is 62.8 Å². The first kappa shape index (κ1) is 20.3. The van der Waals surface area contributed by atoms with Gasteiger partial charge in [-0.15, -0.1) is 0 Å². The molecule has 1 saturated heterocycles. The van der Waals surface area contributed by atoms with Crippen LogP contribution in [0.2, 0.25) is 0 Å². The summed E-state index contributed by atoms with van der Waals surface area (Å²) >= 11 is 0. The number of nitrogens with zero attached hydrogens (tertiary/aromatic N) is 1. The second kappa shape index (κ2) is 8.71. The molecule has 1 saturated carbocycles. The van der Waals surface area contributed by atoms with Crippen LogP contribution in [0.5, 0.6) is 0 Å². The fraction of sp³-hybridized carbons (Fsp3) is 0.650. The fourth-order valence-corrected chi connectivity index (χ4v) is 5.73. The van der Waals surface area contributed by atoms with Crippen molar-refractivity contribution >= 4 is 15.9 Å². The van der Waals surface area contributed by atoms with Crippen molar-refractivity contribution in [1.29, 1.82) is 0 Å². The van der Waals surface area contributed by atoms with E-state index in [1.807, 2.05) is 0 Å². The molecule has 1 aromatic carbocycles. The minimum absolute atomic E-state index is 0.0242. The van der Waals surface area contributed by atoms with E-state index in [-0.39, 0.29) is 11.3 Å². The van der Waals surface area contributed by atoms with Crippen LogP contribution < -0.4 is 11.1 Å². The van der Waals surface area contributed by atoms with Crippen molar-refractivity contribution in [3.8, 4) is 0 Å². The van der Waals surface area contributed by atoms with Gasteiger partial charge in [0.25, 0.3) is 0 Å². The first-order valence-electron chi connectivity index (χ1n) is 10.0. The van der Waals surface area contributed by atoms with Crippen LogP contribution in [0, 0.1) is 5.41 Å². The van der Waals surface area contributed by atoms with Crippen molar-refractivity contribution in [3.63, 3.8) is 0 Å². The lowest BCUT2D eigenvalue weighted by molar-refractivity contribution is -0.124. The number of sulfonamides is 1. The largest absolute Gasteiger partial charge is 0.352 e. The van der Waals surface area contributed by atoms with Crippen LogP contribution in [-0.2, 0) is 21.4 Å². The maximum atomic E-state index is 12.5. The number of nitrogens with one attached hydrogen (secondary N) is 1. The van der Waals surface area contributed by atoms with Crippen molar-refractivity contribution in [1.82, 2.24) is 9.62 Å². The molecule has 27 heavy (non-hydrogen) atoms. The number of nitrogens with two attached hydrogens (primary N) is 1. The Hall–Kier alpha value is -1.44. The molecule has 0 radical (unpaired) electrons. The van der Waals surface area contributed by atoms with Gasteiger partial charge in [0.15, 0.2) is 0 Å². The quantitative estimate of drug-likeness (QED) is 0.744. The van der Waals surface area contributed by atoms with Crippen LogP contribution in [0.15, 0.2) is 29.2 Å². The van der Waals surface area contributed by atoms with Crippen molar-refractivity contribution < 1.29 is 13.2 Å². The Morgan fingerprint density at radius 3 is 2.26 bits per heavy atom. The highest BCUT2D eigenvalue weighted by molar-refractivity contribution is 7.89. The van der Waals surface area contributed by atoms with Crippen LogP contribution in [-0.4, -0.2) is 38.3 Å². The topological polar surface area (TPSA) is 92.5 Å². The van der Waals surface area contributed by atoms with E-state index in [1.54, 1.807) is 28.6 Å². The third kappa shape index (κ3) is 4.89. The van der Waals surface area contributed by atoms with Crippen LogP contribution in [0.3, 0.4) is 0 Å². The van der Waals surface area contributed by atoms with Gasteiger partial charge >= 0.3 is 0 Å². The SMILES string of the molecule is NCC1(CC(=O)NCc2ccc(S(=O)(=O)N3CCCC3)cc2)CCCCC1. The van der Waals surface area contributed by atoms with Crippen molar-refractivity contribution in [2.24, 2.45) is 11.1 Å². The summed E-state index contributed by atoms with van der Waals surface area (Å²) in [5.41, 5.74) is 6.81. The number of amides is 1. The maximum Gasteiger partial charge on any atom is 0.243 e. The van der Waals surface area contributed by atoms with E-state index in [9.17, 15) is 13.2 Å². The molecule has 1 heterocycles. The van der Waals surface area contributed by atoms with Gasteiger partial charge in [0.05, 0.1) is 4.90 Å². The molecule has 1 aromatic rings. The maximum absolute atomic E-state index is 12.5. The molecular formula is C20H31N3O3S. The van der Waals surface area contributed by atoms with Gasteiger partial charge in [0, 0.05) is 26.1 Å². The summed E-state index contributed by atoms with van der Waals surface area (Å²) in [6.07, 6.45) is 7.91. The van der Waals surface area contributed by atoms with Gasteiger partial charge in [-0.3, -0.25) is 4.79 Å². The minimum atomic E-state index is -3.39. The standard InChI is InChI=1S/C20H31N3O3S/c21-16-20(10-2-1-3-11-20)14-19(24)22-15-17-6-8-18(9-7-17)27(25,26)23-12-4-5-13-23/h6-9H,1-5,10-16,21H2,(H,22,24). The van der Waals surface area contributed by atoms with Crippen LogP contribution in [0.4, 0.5) is 0 Å². The summed E-state index contributed by atoms with van der Waals surface area (Å²) in [6, 6.07) is 6.83. The Bertz CT molecular complexity index is 734. The highest BCUT2D eigenvalue weighted by Crippen LogP contribution is 2.38. The Labute approximate surface area is 162 Å². The highest BCUT2D eigenvalue weighted by Gasteiger charge is 2.33. The van der Waals surface area contributed by atoms with E-state index in [1.165, 1.54) is 6.42 Å². The molecule has 1 aliphatic carbocycles. The molecule has 1 amide bonds. The molecular weight excluding hydrogens is 362 g/mol. The molecule has 6 nitrogen and oxygen atoms in total. The summed E-state index contributed by atoms with van der Waals surface area (Å²) in [5.74, 6) is 0.0242. The third-order valence-corrected chi connectivity index (χ3v) is 7.91. The normalized spacial score (nSPS) is 20.5. The van der Waals surface area contributed by atoms with Crippen LogP contribution >= 0.6 is 0 Å². The van der Waals surface area contributed by atoms with Gasteiger partial charge in [0.1, 0.15) is 0 Å². The summed E-state index contributed by atoms with van der Waals surface area (Å²) in [7, 11) is -3.39. The van der Waals surface area contributed by atoms with Crippen LogP contribution in [0.1, 0.15) is 56.9 Å². The smallest absolute Gasteiger partial charge is 0.243 e. The average Bonchev–Trinajstić information content (AvgIpc) is 3.23.